The lowest BCUT2D eigenvalue weighted by Gasteiger charge is -2.37. The minimum absolute atomic E-state index is 0.538. The van der Waals surface area contributed by atoms with E-state index in [-0.39, 0.29) is 0 Å². The number of hydrogen-bond acceptors (Lipinski definition) is 4. The fourth-order valence-corrected chi connectivity index (χ4v) is 3.90. The van der Waals surface area contributed by atoms with Crippen LogP contribution in [-0.2, 0) is 6.54 Å². The van der Waals surface area contributed by atoms with E-state index in [1.165, 1.54) is 36.4 Å². The Balaban J connectivity index is 1.96. The predicted molar refractivity (Wildman–Crippen MR) is 82.5 cm³/mol. The largest absolute Gasteiger partial charge is 0.330 e. The predicted octanol–water partition coefficient (Wildman–Crippen LogP) is 3.22. The maximum Gasteiger partial charge on any atom is 0.0954 e. The molecule has 1 fully saturated rings. The first-order valence-corrected chi connectivity index (χ1v) is 8.34. The summed E-state index contributed by atoms with van der Waals surface area (Å²) in [5.41, 5.74) is 7.15. The lowest BCUT2D eigenvalue weighted by molar-refractivity contribution is 0.126. The number of rotatable bonds is 5. The van der Waals surface area contributed by atoms with Gasteiger partial charge in [-0.05, 0) is 32.4 Å². The molecule has 2 atom stereocenters. The third-order valence-electron chi connectivity index (χ3n) is 4.21. The van der Waals surface area contributed by atoms with Crippen LogP contribution in [0.1, 0.15) is 56.2 Å². The quantitative estimate of drug-likeness (QED) is 0.901. The molecule has 1 aromatic heterocycles. The summed E-state index contributed by atoms with van der Waals surface area (Å²) in [4.78, 5) is 7.21. The van der Waals surface area contributed by atoms with Gasteiger partial charge in [0.1, 0.15) is 0 Å². The highest BCUT2D eigenvalue weighted by Crippen LogP contribution is 2.28. The van der Waals surface area contributed by atoms with E-state index in [1.807, 2.05) is 0 Å². The minimum Gasteiger partial charge on any atom is -0.330 e. The normalized spacial score (nSPS) is 24.3. The van der Waals surface area contributed by atoms with Crippen LogP contribution in [0.25, 0.3) is 0 Å². The molecule has 2 rings (SSSR count). The second-order valence-electron chi connectivity index (χ2n) is 6.09. The molecule has 3 nitrogen and oxygen atoms in total. The van der Waals surface area contributed by atoms with Crippen molar-refractivity contribution in [2.75, 3.05) is 13.6 Å². The van der Waals surface area contributed by atoms with Crippen LogP contribution in [0.15, 0.2) is 5.38 Å². The van der Waals surface area contributed by atoms with Crippen molar-refractivity contribution < 1.29 is 0 Å². The smallest absolute Gasteiger partial charge is 0.0954 e. The van der Waals surface area contributed by atoms with Crippen molar-refractivity contribution in [2.45, 2.75) is 58.0 Å². The van der Waals surface area contributed by atoms with E-state index in [1.54, 1.807) is 11.3 Å². The van der Waals surface area contributed by atoms with E-state index in [0.29, 0.717) is 17.9 Å². The molecule has 0 radical (unpaired) electrons. The average Bonchev–Trinajstić information content (AvgIpc) is 2.87. The Bertz CT molecular complexity index is 388. The van der Waals surface area contributed by atoms with E-state index in [0.717, 1.165) is 13.1 Å². The number of nitrogens with two attached hydrogens (primary N) is 1. The van der Waals surface area contributed by atoms with Gasteiger partial charge in [-0.2, -0.15) is 0 Å². The van der Waals surface area contributed by atoms with Gasteiger partial charge in [0.25, 0.3) is 0 Å². The van der Waals surface area contributed by atoms with Crippen molar-refractivity contribution in [3.8, 4) is 0 Å². The Labute approximate surface area is 121 Å². The second-order valence-corrected chi connectivity index (χ2v) is 6.98. The number of aromatic nitrogens is 1. The van der Waals surface area contributed by atoms with Crippen LogP contribution in [0, 0.1) is 5.92 Å². The molecule has 19 heavy (non-hydrogen) atoms. The van der Waals surface area contributed by atoms with Crippen molar-refractivity contribution in [3.05, 3.63) is 16.1 Å². The van der Waals surface area contributed by atoms with Crippen molar-refractivity contribution in [1.29, 1.82) is 0 Å². The van der Waals surface area contributed by atoms with Crippen LogP contribution in [0.4, 0.5) is 0 Å². The van der Waals surface area contributed by atoms with Gasteiger partial charge in [-0.3, -0.25) is 4.90 Å². The highest BCUT2D eigenvalue weighted by atomic mass is 32.1. The molecule has 1 aromatic rings. The third-order valence-corrected chi connectivity index (χ3v) is 5.41. The zero-order chi connectivity index (χ0) is 13.8. The monoisotopic (exact) mass is 281 g/mol. The Morgan fingerprint density at radius 1 is 1.42 bits per heavy atom. The first kappa shape index (κ1) is 14.9. The molecule has 2 unspecified atom stereocenters. The van der Waals surface area contributed by atoms with Gasteiger partial charge in [-0.1, -0.05) is 26.7 Å². The number of thiazole rings is 1. The highest BCUT2D eigenvalue weighted by molar-refractivity contribution is 7.09. The van der Waals surface area contributed by atoms with Gasteiger partial charge in [0, 0.05) is 23.9 Å². The fourth-order valence-electron chi connectivity index (χ4n) is 3.08. The summed E-state index contributed by atoms with van der Waals surface area (Å²) in [6.45, 7) is 6.20. The molecular weight excluding hydrogens is 254 g/mol. The molecule has 0 bridgehead atoms. The molecule has 0 aromatic carbocycles. The van der Waals surface area contributed by atoms with Crippen LogP contribution in [0.5, 0.6) is 0 Å². The summed E-state index contributed by atoms with van der Waals surface area (Å²) in [6.07, 6.45) is 5.28. The maximum atomic E-state index is 5.93. The van der Waals surface area contributed by atoms with E-state index in [4.69, 9.17) is 10.7 Å². The molecule has 1 heterocycles. The van der Waals surface area contributed by atoms with E-state index in [2.05, 4.69) is 31.2 Å². The van der Waals surface area contributed by atoms with Crippen LogP contribution in [0.3, 0.4) is 0 Å². The van der Waals surface area contributed by atoms with Gasteiger partial charge < -0.3 is 5.73 Å². The van der Waals surface area contributed by atoms with Gasteiger partial charge >= 0.3 is 0 Å². The fraction of sp³-hybridized carbons (Fsp3) is 0.800. The van der Waals surface area contributed by atoms with Gasteiger partial charge in [-0.15, -0.1) is 11.3 Å². The van der Waals surface area contributed by atoms with Crippen molar-refractivity contribution in [3.63, 3.8) is 0 Å². The molecule has 4 heteroatoms. The summed E-state index contributed by atoms with van der Waals surface area (Å²) in [5, 5.41) is 3.47. The Kier molecular flexibility index (Phi) is 5.37. The van der Waals surface area contributed by atoms with Crippen LogP contribution >= 0.6 is 11.3 Å². The van der Waals surface area contributed by atoms with Crippen molar-refractivity contribution in [2.24, 2.45) is 11.7 Å². The first-order valence-electron chi connectivity index (χ1n) is 7.46. The third kappa shape index (κ3) is 3.77. The summed E-state index contributed by atoms with van der Waals surface area (Å²) >= 11 is 1.79. The maximum absolute atomic E-state index is 5.93. The SMILES string of the molecule is CC(C)c1nc(CN(C)C2CCCCC2CN)cs1. The van der Waals surface area contributed by atoms with Crippen molar-refractivity contribution >= 4 is 11.3 Å². The van der Waals surface area contributed by atoms with Gasteiger partial charge in [0.15, 0.2) is 0 Å². The summed E-state index contributed by atoms with van der Waals surface area (Å²) in [6, 6.07) is 0.642. The van der Waals surface area contributed by atoms with Gasteiger partial charge in [0.05, 0.1) is 10.7 Å². The second kappa shape index (κ2) is 6.82. The molecule has 2 N–H and O–H groups in total. The summed E-state index contributed by atoms with van der Waals surface area (Å²) in [5.74, 6) is 1.21. The van der Waals surface area contributed by atoms with E-state index >= 15 is 0 Å². The Hall–Kier alpha value is -0.450. The molecule has 1 aliphatic carbocycles. The topological polar surface area (TPSA) is 42.2 Å². The number of hydrogen-bond donors (Lipinski definition) is 1. The van der Waals surface area contributed by atoms with Crippen LogP contribution < -0.4 is 5.73 Å². The van der Waals surface area contributed by atoms with Crippen molar-refractivity contribution in [1.82, 2.24) is 9.88 Å². The molecule has 1 saturated carbocycles. The Morgan fingerprint density at radius 2 is 2.16 bits per heavy atom. The highest BCUT2D eigenvalue weighted by Gasteiger charge is 2.27. The molecule has 1 aliphatic rings. The molecule has 0 spiro atoms. The number of nitrogens with zero attached hydrogens (tertiary/aromatic N) is 2. The zero-order valence-corrected chi connectivity index (χ0v) is 13.2. The molecule has 0 saturated heterocycles. The lowest BCUT2D eigenvalue weighted by atomic mass is 9.83. The molecule has 0 amide bonds. The first-order chi connectivity index (χ1) is 9.11. The van der Waals surface area contributed by atoms with Crippen LogP contribution in [-0.4, -0.2) is 29.5 Å². The zero-order valence-electron chi connectivity index (χ0n) is 12.4. The standard InChI is InChI=1S/C15H27N3S/c1-11(2)15-17-13(10-19-15)9-18(3)14-7-5-4-6-12(14)8-16/h10-12,14H,4-9,16H2,1-3H3. The summed E-state index contributed by atoms with van der Waals surface area (Å²) in [7, 11) is 2.23. The summed E-state index contributed by atoms with van der Waals surface area (Å²) < 4.78 is 0. The van der Waals surface area contributed by atoms with Gasteiger partial charge in [-0.25, -0.2) is 4.98 Å². The van der Waals surface area contributed by atoms with Gasteiger partial charge in [0.2, 0.25) is 0 Å². The Morgan fingerprint density at radius 3 is 2.79 bits per heavy atom. The lowest BCUT2D eigenvalue weighted by Crippen LogP contribution is -2.42. The molecule has 108 valence electrons. The average molecular weight is 281 g/mol. The molecular formula is C15H27N3S. The van der Waals surface area contributed by atoms with E-state index in [9.17, 15) is 0 Å². The van der Waals surface area contributed by atoms with E-state index < -0.39 is 0 Å². The molecule has 0 aliphatic heterocycles. The van der Waals surface area contributed by atoms with Crippen LogP contribution in [0.2, 0.25) is 0 Å². The minimum atomic E-state index is 0.538.